The molecule has 4 rings (SSSR count). The second-order valence-corrected chi connectivity index (χ2v) is 8.99. The van der Waals surface area contributed by atoms with Crippen LogP contribution in [-0.2, 0) is 18.8 Å². The van der Waals surface area contributed by atoms with E-state index in [0.717, 1.165) is 42.0 Å². The highest BCUT2D eigenvalue weighted by Crippen LogP contribution is 2.38. The highest BCUT2D eigenvalue weighted by atomic mass is 79.9. The standard InChI is InChI=1S/C22H25BrN2OS/c1-2-25-16(15-27-17-8-4-3-5-9-17)12-18-19(14-24-10-6-7-11-24)22(26)20(23)13-21(18)25/h3-5,8-9,12-13,26H,2,6-7,10-11,14-15H2,1H3. The number of benzene rings is 2. The Labute approximate surface area is 173 Å². The van der Waals surface area contributed by atoms with Gasteiger partial charge in [0.2, 0.25) is 0 Å². The molecular weight excluding hydrogens is 420 g/mol. The van der Waals surface area contributed by atoms with E-state index in [9.17, 15) is 5.11 Å². The first-order valence-corrected chi connectivity index (χ1v) is 11.4. The normalized spacial score (nSPS) is 15.0. The predicted octanol–water partition coefficient (Wildman–Crippen LogP) is 6.02. The van der Waals surface area contributed by atoms with Gasteiger partial charge in [0.1, 0.15) is 5.75 Å². The van der Waals surface area contributed by atoms with Crippen LogP contribution in [0, 0.1) is 0 Å². The lowest BCUT2D eigenvalue weighted by atomic mass is 10.1. The van der Waals surface area contributed by atoms with E-state index < -0.39 is 0 Å². The zero-order valence-electron chi connectivity index (χ0n) is 15.6. The summed E-state index contributed by atoms with van der Waals surface area (Å²) in [6.07, 6.45) is 2.51. The molecule has 0 bridgehead atoms. The maximum Gasteiger partial charge on any atom is 0.135 e. The van der Waals surface area contributed by atoms with Gasteiger partial charge in [-0.3, -0.25) is 4.90 Å². The van der Waals surface area contributed by atoms with Crippen LogP contribution in [0.4, 0.5) is 0 Å². The summed E-state index contributed by atoms with van der Waals surface area (Å²) in [4.78, 5) is 3.73. The van der Waals surface area contributed by atoms with Gasteiger partial charge in [-0.2, -0.15) is 0 Å². The minimum absolute atomic E-state index is 0.393. The number of halogens is 1. The molecule has 1 fully saturated rings. The predicted molar refractivity (Wildman–Crippen MR) is 117 cm³/mol. The minimum atomic E-state index is 0.393. The molecule has 0 radical (unpaired) electrons. The molecule has 1 saturated heterocycles. The van der Waals surface area contributed by atoms with E-state index in [1.165, 1.54) is 34.3 Å². The Bertz CT molecular complexity index is 933. The molecule has 0 amide bonds. The Morgan fingerprint density at radius 2 is 1.85 bits per heavy atom. The van der Waals surface area contributed by atoms with E-state index in [1.807, 2.05) is 11.8 Å². The Morgan fingerprint density at radius 3 is 2.56 bits per heavy atom. The minimum Gasteiger partial charge on any atom is -0.506 e. The summed E-state index contributed by atoms with van der Waals surface area (Å²) in [5.74, 6) is 1.32. The molecule has 0 unspecified atom stereocenters. The van der Waals surface area contributed by atoms with Crippen molar-refractivity contribution in [3.63, 3.8) is 0 Å². The van der Waals surface area contributed by atoms with Crippen molar-refractivity contribution in [3.05, 3.63) is 58.2 Å². The maximum atomic E-state index is 10.7. The number of aromatic nitrogens is 1. The molecule has 2 heterocycles. The number of phenols is 1. The average molecular weight is 445 g/mol. The van der Waals surface area contributed by atoms with Crippen molar-refractivity contribution >= 4 is 38.6 Å². The van der Waals surface area contributed by atoms with Crippen LogP contribution in [0.25, 0.3) is 10.9 Å². The van der Waals surface area contributed by atoms with E-state index in [4.69, 9.17) is 0 Å². The largest absolute Gasteiger partial charge is 0.506 e. The van der Waals surface area contributed by atoms with Gasteiger partial charge in [0.25, 0.3) is 0 Å². The fraction of sp³-hybridized carbons (Fsp3) is 0.364. The second-order valence-electron chi connectivity index (χ2n) is 7.08. The second kappa shape index (κ2) is 8.29. The van der Waals surface area contributed by atoms with Crippen molar-refractivity contribution in [3.8, 4) is 5.75 Å². The summed E-state index contributed by atoms with van der Waals surface area (Å²) in [5, 5.41) is 11.9. The third kappa shape index (κ3) is 3.91. The monoisotopic (exact) mass is 444 g/mol. The molecule has 1 aliphatic heterocycles. The molecule has 1 aliphatic rings. The van der Waals surface area contributed by atoms with Crippen LogP contribution in [0.2, 0.25) is 0 Å². The Hall–Kier alpha value is -1.43. The van der Waals surface area contributed by atoms with Gasteiger partial charge >= 0.3 is 0 Å². The van der Waals surface area contributed by atoms with Crippen LogP contribution in [0.5, 0.6) is 5.75 Å². The third-order valence-electron chi connectivity index (χ3n) is 5.35. The first-order chi connectivity index (χ1) is 13.2. The number of hydrogen-bond donors (Lipinski definition) is 1. The van der Waals surface area contributed by atoms with E-state index in [1.54, 1.807) is 0 Å². The molecule has 142 valence electrons. The maximum absolute atomic E-state index is 10.7. The molecule has 1 aromatic heterocycles. The molecule has 0 spiro atoms. The summed E-state index contributed by atoms with van der Waals surface area (Å²) in [6, 6.07) is 14.9. The van der Waals surface area contributed by atoms with Crippen LogP contribution < -0.4 is 0 Å². The van der Waals surface area contributed by atoms with Crippen molar-refractivity contribution in [2.45, 2.75) is 43.5 Å². The molecule has 0 saturated carbocycles. The van der Waals surface area contributed by atoms with Gasteiger partial charge in [-0.15, -0.1) is 11.8 Å². The van der Waals surface area contributed by atoms with E-state index in [0.29, 0.717) is 5.75 Å². The van der Waals surface area contributed by atoms with Gasteiger partial charge in [-0.1, -0.05) is 18.2 Å². The molecule has 0 atom stereocenters. The summed E-state index contributed by atoms with van der Waals surface area (Å²) < 4.78 is 3.17. The van der Waals surface area contributed by atoms with Crippen LogP contribution in [0.3, 0.4) is 0 Å². The number of thioether (sulfide) groups is 1. The zero-order valence-corrected chi connectivity index (χ0v) is 18.0. The van der Waals surface area contributed by atoms with Gasteiger partial charge < -0.3 is 9.67 Å². The van der Waals surface area contributed by atoms with Crippen LogP contribution in [0.15, 0.2) is 51.8 Å². The molecule has 3 aromatic rings. The molecule has 3 nitrogen and oxygen atoms in total. The Kier molecular flexibility index (Phi) is 5.81. The number of aryl methyl sites for hydroxylation is 1. The fourth-order valence-electron chi connectivity index (χ4n) is 3.97. The van der Waals surface area contributed by atoms with Gasteiger partial charge in [0, 0.05) is 45.9 Å². The number of nitrogens with zero attached hydrogens (tertiary/aromatic N) is 2. The number of fused-ring (bicyclic) bond motifs is 1. The highest BCUT2D eigenvalue weighted by Gasteiger charge is 2.20. The van der Waals surface area contributed by atoms with Crippen molar-refractivity contribution in [1.29, 1.82) is 0 Å². The average Bonchev–Trinajstić information content (AvgIpc) is 3.32. The van der Waals surface area contributed by atoms with Gasteiger partial charge in [-0.05, 0) is 73.1 Å². The summed E-state index contributed by atoms with van der Waals surface area (Å²) in [5.41, 5.74) is 3.57. The summed E-state index contributed by atoms with van der Waals surface area (Å²) in [7, 11) is 0. The van der Waals surface area contributed by atoms with Gasteiger partial charge in [-0.25, -0.2) is 0 Å². The molecule has 5 heteroatoms. The van der Waals surface area contributed by atoms with Crippen molar-refractivity contribution in [2.24, 2.45) is 0 Å². The number of aromatic hydroxyl groups is 1. The number of rotatable bonds is 6. The topological polar surface area (TPSA) is 28.4 Å². The van der Waals surface area contributed by atoms with Gasteiger partial charge in [0.05, 0.1) is 4.47 Å². The molecule has 27 heavy (non-hydrogen) atoms. The Balaban J connectivity index is 1.72. The SMILES string of the molecule is CCn1c(CSc2ccccc2)cc2c(CN3CCCC3)c(O)c(Br)cc21. The van der Waals surface area contributed by atoms with Crippen molar-refractivity contribution in [2.75, 3.05) is 13.1 Å². The van der Waals surface area contributed by atoms with Crippen LogP contribution >= 0.6 is 27.7 Å². The first-order valence-electron chi connectivity index (χ1n) is 9.60. The lowest BCUT2D eigenvalue weighted by molar-refractivity contribution is 0.325. The lowest BCUT2D eigenvalue weighted by Gasteiger charge is -2.17. The Morgan fingerprint density at radius 1 is 1.11 bits per heavy atom. The summed E-state index contributed by atoms with van der Waals surface area (Å²) in [6.45, 7) is 6.18. The lowest BCUT2D eigenvalue weighted by Crippen LogP contribution is -2.18. The number of likely N-dealkylation sites (tertiary alicyclic amines) is 1. The van der Waals surface area contributed by atoms with E-state index in [2.05, 4.69) is 74.8 Å². The number of hydrogen-bond acceptors (Lipinski definition) is 3. The third-order valence-corrected chi connectivity index (χ3v) is 7.00. The number of phenolic OH excluding ortho intramolecular Hbond substituents is 1. The molecular formula is C22H25BrN2OS. The van der Waals surface area contributed by atoms with Gasteiger partial charge in [0.15, 0.2) is 0 Å². The smallest absolute Gasteiger partial charge is 0.135 e. The van der Waals surface area contributed by atoms with Crippen LogP contribution in [0.1, 0.15) is 31.0 Å². The quantitative estimate of drug-likeness (QED) is 0.471. The van der Waals surface area contributed by atoms with Crippen molar-refractivity contribution < 1.29 is 5.11 Å². The molecule has 0 aliphatic carbocycles. The molecule has 1 N–H and O–H groups in total. The van der Waals surface area contributed by atoms with Crippen molar-refractivity contribution in [1.82, 2.24) is 9.47 Å². The highest BCUT2D eigenvalue weighted by molar-refractivity contribution is 9.10. The fourth-order valence-corrected chi connectivity index (χ4v) is 5.33. The van der Waals surface area contributed by atoms with E-state index in [-0.39, 0.29) is 0 Å². The molecule has 2 aromatic carbocycles. The van der Waals surface area contributed by atoms with Crippen LogP contribution in [-0.4, -0.2) is 27.7 Å². The zero-order chi connectivity index (χ0) is 18.8. The van der Waals surface area contributed by atoms with E-state index >= 15 is 0 Å². The first kappa shape index (κ1) is 18.9. The summed E-state index contributed by atoms with van der Waals surface area (Å²) >= 11 is 5.44.